The van der Waals surface area contributed by atoms with Gasteiger partial charge in [-0.2, -0.15) is 0 Å². The van der Waals surface area contributed by atoms with E-state index >= 15 is 0 Å². The predicted octanol–water partition coefficient (Wildman–Crippen LogP) is 4.97. The quantitative estimate of drug-likeness (QED) is 0.664. The van der Waals surface area contributed by atoms with Gasteiger partial charge in [-0.1, -0.05) is 60.7 Å². The van der Waals surface area contributed by atoms with Crippen LogP contribution in [-0.4, -0.2) is 25.6 Å². The van der Waals surface area contributed by atoms with Crippen molar-refractivity contribution in [2.24, 2.45) is 0 Å². The van der Waals surface area contributed by atoms with Crippen LogP contribution in [0.25, 0.3) is 11.1 Å². The molecule has 3 aromatic rings. The first-order valence-corrected chi connectivity index (χ1v) is 9.72. The van der Waals surface area contributed by atoms with Gasteiger partial charge < -0.3 is 15.0 Å². The molecule has 4 rings (SSSR count). The highest BCUT2D eigenvalue weighted by Crippen LogP contribution is 2.30. The second-order valence-corrected chi connectivity index (χ2v) is 6.91. The van der Waals surface area contributed by atoms with Crippen LogP contribution in [-0.2, 0) is 4.79 Å². The zero-order chi connectivity index (χ0) is 19.2. The summed E-state index contributed by atoms with van der Waals surface area (Å²) in [4.78, 5) is 14.9. The minimum Gasteiger partial charge on any atom is -0.483 e. The minimum absolute atomic E-state index is 0.0296. The Morgan fingerprint density at radius 2 is 1.54 bits per heavy atom. The predicted molar refractivity (Wildman–Crippen MR) is 114 cm³/mol. The van der Waals surface area contributed by atoms with Gasteiger partial charge in [-0.3, -0.25) is 4.79 Å². The molecule has 3 aromatic carbocycles. The molecule has 28 heavy (non-hydrogen) atoms. The first-order chi connectivity index (χ1) is 13.8. The van der Waals surface area contributed by atoms with Crippen LogP contribution in [0.1, 0.15) is 12.8 Å². The summed E-state index contributed by atoms with van der Waals surface area (Å²) in [5.41, 5.74) is 3.97. The number of ether oxygens (including phenoxy) is 1. The first kappa shape index (κ1) is 18.1. The maximum absolute atomic E-state index is 12.5. The maximum atomic E-state index is 12.5. The fraction of sp³-hybridized carbons (Fsp3) is 0.208. The Morgan fingerprint density at radius 1 is 0.857 bits per heavy atom. The van der Waals surface area contributed by atoms with Gasteiger partial charge in [0.2, 0.25) is 0 Å². The molecule has 0 atom stereocenters. The molecule has 0 aromatic heterocycles. The van der Waals surface area contributed by atoms with Crippen molar-refractivity contribution in [2.45, 2.75) is 12.8 Å². The smallest absolute Gasteiger partial charge is 0.262 e. The lowest BCUT2D eigenvalue weighted by molar-refractivity contribution is -0.118. The molecule has 0 bridgehead atoms. The summed E-state index contributed by atoms with van der Waals surface area (Å²) < 4.78 is 5.87. The number of carbonyl (C=O) groups excluding carboxylic acids is 1. The van der Waals surface area contributed by atoms with Crippen molar-refractivity contribution in [1.29, 1.82) is 0 Å². The average molecular weight is 372 g/mol. The monoisotopic (exact) mass is 372 g/mol. The lowest BCUT2D eigenvalue weighted by Crippen LogP contribution is -2.24. The molecule has 1 heterocycles. The number of para-hydroxylation sites is 3. The topological polar surface area (TPSA) is 41.6 Å². The van der Waals surface area contributed by atoms with Crippen LogP contribution in [0.15, 0.2) is 78.9 Å². The first-order valence-electron chi connectivity index (χ1n) is 9.72. The van der Waals surface area contributed by atoms with E-state index in [1.807, 2.05) is 72.8 Å². The molecule has 0 aliphatic carbocycles. The van der Waals surface area contributed by atoms with E-state index in [4.69, 9.17) is 4.74 Å². The third kappa shape index (κ3) is 4.17. The number of benzene rings is 3. The van der Waals surface area contributed by atoms with Gasteiger partial charge >= 0.3 is 0 Å². The molecular weight excluding hydrogens is 348 g/mol. The summed E-state index contributed by atoms with van der Waals surface area (Å²) in [5, 5.41) is 3.01. The summed E-state index contributed by atoms with van der Waals surface area (Å²) in [7, 11) is 0. The van der Waals surface area contributed by atoms with Gasteiger partial charge in [0.1, 0.15) is 5.75 Å². The summed E-state index contributed by atoms with van der Waals surface area (Å²) in [6.07, 6.45) is 2.39. The van der Waals surface area contributed by atoms with E-state index in [-0.39, 0.29) is 12.5 Å². The molecule has 1 fully saturated rings. The Kier molecular flexibility index (Phi) is 5.57. The molecule has 1 aliphatic rings. The molecule has 1 amide bonds. The highest BCUT2D eigenvalue weighted by atomic mass is 16.5. The summed E-state index contributed by atoms with van der Waals surface area (Å²) in [5.74, 6) is 0.547. The fourth-order valence-corrected chi connectivity index (χ4v) is 3.59. The van der Waals surface area contributed by atoms with Crippen molar-refractivity contribution < 1.29 is 9.53 Å². The van der Waals surface area contributed by atoms with E-state index < -0.39 is 0 Å². The van der Waals surface area contributed by atoms with Crippen molar-refractivity contribution in [3.63, 3.8) is 0 Å². The van der Waals surface area contributed by atoms with E-state index in [0.717, 1.165) is 35.6 Å². The van der Waals surface area contributed by atoms with Crippen LogP contribution < -0.4 is 15.0 Å². The zero-order valence-electron chi connectivity index (χ0n) is 15.8. The molecule has 1 saturated heterocycles. The molecule has 4 nitrogen and oxygen atoms in total. The van der Waals surface area contributed by atoms with Crippen LogP contribution in [0.5, 0.6) is 5.75 Å². The number of rotatable bonds is 6. The Labute approximate surface area is 165 Å². The Morgan fingerprint density at radius 3 is 2.36 bits per heavy atom. The van der Waals surface area contributed by atoms with Crippen molar-refractivity contribution >= 4 is 17.3 Å². The van der Waals surface area contributed by atoms with Crippen LogP contribution in [0, 0.1) is 0 Å². The number of nitrogens with zero attached hydrogens (tertiary/aromatic N) is 1. The number of amides is 1. The summed E-state index contributed by atoms with van der Waals surface area (Å²) in [6, 6.07) is 25.8. The Hall–Kier alpha value is -3.27. The van der Waals surface area contributed by atoms with E-state index in [1.54, 1.807) is 0 Å². The molecule has 0 radical (unpaired) electrons. The number of anilines is 2. The van der Waals surface area contributed by atoms with Gasteiger partial charge in [-0.15, -0.1) is 0 Å². The van der Waals surface area contributed by atoms with Crippen LogP contribution >= 0.6 is 0 Å². The normalized spacial score (nSPS) is 13.4. The van der Waals surface area contributed by atoms with Gasteiger partial charge in [0.15, 0.2) is 6.61 Å². The van der Waals surface area contributed by atoms with Crippen molar-refractivity contribution in [1.82, 2.24) is 0 Å². The van der Waals surface area contributed by atoms with Crippen molar-refractivity contribution in [3.8, 4) is 16.9 Å². The number of hydrogen-bond acceptors (Lipinski definition) is 3. The second-order valence-electron chi connectivity index (χ2n) is 6.91. The number of hydrogen-bond donors (Lipinski definition) is 1. The van der Waals surface area contributed by atoms with Crippen molar-refractivity contribution in [2.75, 3.05) is 29.9 Å². The van der Waals surface area contributed by atoms with E-state index in [9.17, 15) is 4.79 Å². The molecule has 1 aliphatic heterocycles. The van der Waals surface area contributed by atoms with Gasteiger partial charge in [0.05, 0.1) is 11.4 Å². The van der Waals surface area contributed by atoms with Gasteiger partial charge in [0, 0.05) is 18.7 Å². The van der Waals surface area contributed by atoms with Crippen molar-refractivity contribution in [3.05, 3.63) is 78.9 Å². The number of nitrogens with one attached hydrogen (secondary N) is 1. The third-order valence-electron chi connectivity index (χ3n) is 4.96. The summed E-state index contributed by atoms with van der Waals surface area (Å²) in [6.45, 7) is 2.04. The van der Waals surface area contributed by atoms with E-state index in [1.165, 1.54) is 12.8 Å². The second kappa shape index (κ2) is 8.61. The lowest BCUT2D eigenvalue weighted by atomic mass is 10.1. The molecule has 4 heteroatoms. The SMILES string of the molecule is O=C(COc1ccccc1-c1ccccc1)Nc1ccccc1N1CCCC1. The van der Waals surface area contributed by atoms with Crippen LogP contribution in [0.3, 0.4) is 0 Å². The van der Waals surface area contributed by atoms with Crippen LogP contribution in [0.4, 0.5) is 11.4 Å². The molecule has 1 N–H and O–H groups in total. The fourth-order valence-electron chi connectivity index (χ4n) is 3.59. The van der Waals surface area contributed by atoms with E-state index in [2.05, 4.69) is 16.3 Å². The number of carbonyl (C=O) groups is 1. The highest BCUT2D eigenvalue weighted by molar-refractivity contribution is 5.95. The Bertz CT molecular complexity index is 934. The Balaban J connectivity index is 1.44. The summed E-state index contributed by atoms with van der Waals surface area (Å²) >= 11 is 0. The molecule has 0 unspecified atom stereocenters. The lowest BCUT2D eigenvalue weighted by Gasteiger charge is -2.21. The molecule has 0 spiro atoms. The molecule has 0 saturated carbocycles. The average Bonchev–Trinajstić information content (AvgIpc) is 3.28. The molecular formula is C24H24N2O2. The van der Waals surface area contributed by atoms with Gasteiger partial charge in [-0.25, -0.2) is 0 Å². The molecule has 142 valence electrons. The minimum atomic E-state index is -0.158. The third-order valence-corrected chi connectivity index (χ3v) is 4.96. The zero-order valence-corrected chi connectivity index (χ0v) is 15.8. The van der Waals surface area contributed by atoms with E-state index in [0.29, 0.717) is 5.75 Å². The van der Waals surface area contributed by atoms with Gasteiger partial charge in [0.25, 0.3) is 5.91 Å². The standard InChI is InChI=1S/C24H24N2O2/c27-24(25-21-13-5-6-14-22(21)26-16-8-9-17-26)18-28-23-15-7-4-12-20(23)19-10-2-1-3-11-19/h1-7,10-15H,8-9,16-18H2,(H,25,27). The van der Waals surface area contributed by atoms with Crippen LogP contribution in [0.2, 0.25) is 0 Å². The maximum Gasteiger partial charge on any atom is 0.262 e. The van der Waals surface area contributed by atoms with Gasteiger partial charge in [-0.05, 0) is 36.6 Å². The largest absolute Gasteiger partial charge is 0.483 e. The highest BCUT2D eigenvalue weighted by Gasteiger charge is 2.17.